The average molecular weight is 592 g/mol. The monoisotopic (exact) mass is 590 g/mol. The summed E-state index contributed by atoms with van der Waals surface area (Å²) in [5, 5.41) is 5.13. The summed E-state index contributed by atoms with van der Waals surface area (Å²) in [7, 11) is -3.76. The lowest BCUT2D eigenvalue weighted by atomic mass is 10.0. The number of benzene rings is 2. The first-order valence-electron chi connectivity index (χ1n) is 11.1. The van der Waals surface area contributed by atoms with E-state index in [-0.39, 0.29) is 18.0 Å². The van der Waals surface area contributed by atoms with Crippen molar-refractivity contribution in [1.29, 1.82) is 0 Å². The lowest BCUT2D eigenvalue weighted by molar-refractivity contribution is 0.100. The summed E-state index contributed by atoms with van der Waals surface area (Å²) in [5.74, 6) is -0.995. The highest BCUT2D eigenvalue weighted by Gasteiger charge is 2.32. The number of amides is 1. The second-order valence-electron chi connectivity index (χ2n) is 8.83. The molecular formula is C25H21BrClFN4O3S. The maximum Gasteiger partial charge on any atom is 0.253 e. The van der Waals surface area contributed by atoms with E-state index in [1.807, 2.05) is 0 Å². The standard InChI is InChI=1S/C25H21BrClFN4O3S/c1-36(34,35)32(12-14-2-9-19(26)20(28)10-14)22-13-31-21(11-18(22)15-3-4-15)23(25(29)33)24(30-31)16-5-7-17(27)8-6-16/h2,5-11,13,15H,3-4,12H2,1H3,(H2,29,33). The third-order valence-corrected chi connectivity index (χ3v) is 8.16. The topological polar surface area (TPSA) is 97.8 Å². The summed E-state index contributed by atoms with van der Waals surface area (Å²) in [6.45, 7) is -0.0672. The van der Waals surface area contributed by atoms with Crippen molar-refractivity contribution >= 4 is 54.7 Å². The molecule has 0 radical (unpaired) electrons. The number of carbonyl (C=O) groups excluding carboxylic acids is 1. The molecule has 0 spiro atoms. The zero-order valence-corrected chi connectivity index (χ0v) is 22.2. The number of sulfonamides is 1. The van der Waals surface area contributed by atoms with Gasteiger partial charge in [0.2, 0.25) is 10.0 Å². The van der Waals surface area contributed by atoms with E-state index in [1.165, 1.54) is 14.9 Å². The molecule has 1 fully saturated rings. The number of nitrogens with two attached hydrogens (primary N) is 1. The van der Waals surface area contributed by atoms with Gasteiger partial charge in [-0.05, 0) is 76.1 Å². The van der Waals surface area contributed by atoms with Crippen LogP contribution in [0.15, 0.2) is 59.2 Å². The van der Waals surface area contributed by atoms with Crippen molar-refractivity contribution in [3.8, 4) is 11.3 Å². The molecule has 1 amide bonds. The fraction of sp³-hybridized carbons (Fsp3) is 0.200. The molecule has 0 saturated heterocycles. The zero-order chi connectivity index (χ0) is 25.8. The minimum Gasteiger partial charge on any atom is -0.365 e. The van der Waals surface area contributed by atoms with Crippen molar-refractivity contribution in [2.24, 2.45) is 5.73 Å². The zero-order valence-electron chi connectivity index (χ0n) is 19.1. The lowest BCUT2D eigenvalue weighted by Gasteiger charge is -2.25. The Morgan fingerprint density at radius 3 is 2.50 bits per heavy atom. The van der Waals surface area contributed by atoms with E-state index in [0.717, 1.165) is 24.7 Å². The van der Waals surface area contributed by atoms with Crippen molar-refractivity contribution in [3.63, 3.8) is 0 Å². The predicted octanol–water partition coefficient (Wildman–Crippen LogP) is 5.50. The third kappa shape index (κ3) is 4.72. The van der Waals surface area contributed by atoms with Crippen molar-refractivity contribution in [3.05, 3.63) is 86.7 Å². The van der Waals surface area contributed by atoms with Gasteiger partial charge in [0.1, 0.15) is 11.5 Å². The van der Waals surface area contributed by atoms with Crippen LogP contribution in [0.2, 0.25) is 5.02 Å². The molecule has 2 aromatic heterocycles. The van der Waals surface area contributed by atoms with Crippen molar-refractivity contribution < 1.29 is 17.6 Å². The molecule has 5 rings (SSSR count). The number of aromatic nitrogens is 2. The summed E-state index contributed by atoms with van der Waals surface area (Å²) < 4.78 is 43.1. The van der Waals surface area contributed by atoms with Gasteiger partial charge in [0.15, 0.2) is 0 Å². The first kappa shape index (κ1) is 24.7. The Morgan fingerprint density at radius 2 is 1.92 bits per heavy atom. The van der Waals surface area contributed by atoms with Crippen LogP contribution in [0.5, 0.6) is 0 Å². The van der Waals surface area contributed by atoms with Crippen LogP contribution in [-0.2, 0) is 16.6 Å². The Labute approximate surface area is 220 Å². The van der Waals surface area contributed by atoms with E-state index in [9.17, 15) is 17.6 Å². The summed E-state index contributed by atoms with van der Waals surface area (Å²) in [6.07, 6.45) is 4.49. The Bertz CT molecular complexity index is 1620. The molecule has 1 saturated carbocycles. The van der Waals surface area contributed by atoms with E-state index in [2.05, 4.69) is 21.0 Å². The SMILES string of the molecule is CS(=O)(=O)N(Cc1ccc(Br)c(F)c1)c1cn2nc(-c3ccc(Cl)cc3)c(C(N)=O)c2cc1C1CC1. The van der Waals surface area contributed by atoms with Gasteiger partial charge in [-0.1, -0.05) is 29.8 Å². The number of fused-ring (bicyclic) bond motifs is 1. The molecule has 1 aliphatic carbocycles. The Morgan fingerprint density at radius 1 is 1.22 bits per heavy atom. The molecule has 4 aromatic rings. The number of halogens is 3. The highest BCUT2D eigenvalue weighted by Crippen LogP contribution is 2.46. The van der Waals surface area contributed by atoms with Gasteiger partial charge in [-0.2, -0.15) is 5.10 Å². The van der Waals surface area contributed by atoms with Gasteiger partial charge in [-0.3, -0.25) is 9.10 Å². The number of rotatable bonds is 7. The third-order valence-electron chi connectivity index (χ3n) is 6.14. The van der Waals surface area contributed by atoms with Crippen molar-refractivity contribution in [1.82, 2.24) is 9.61 Å². The lowest BCUT2D eigenvalue weighted by Crippen LogP contribution is -2.30. The minimum absolute atomic E-state index is 0.0672. The highest BCUT2D eigenvalue weighted by molar-refractivity contribution is 9.10. The van der Waals surface area contributed by atoms with Crippen molar-refractivity contribution in [2.45, 2.75) is 25.3 Å². The van der Waals surface area contributed by atoms with Crippen LogP contribution in [0.4, 0.5) is 10.1 Å². The molecule has 11 heteroatoms. The Kier molecular flexibility index (Phi) is 6.30. The van der Waals surface area contributed by atoms with E-state index in [1.54, 1.807) is 48.7 Å². The molecule has 36 heavy (non-hydrogen) atoms. The summed E-state index contributed by atoms with van der Waals surface area (Å²) in [4.78, 5) is 12.5. The predicted molar refractivity (Wildman–Crippen MR) is 141 cm³/mol. The summed E-state index contributed by atoms with van der Waals surface area (Å²) in [6, 6.07) is 13.2. The Balaban J connectivity index is 1.71. The van der Waals surface area contributed by atoms with Crippen LogP contribution < -0.4 is 10.0 Å². The van der Waals surface area contributed by atoms with E-state index < -0.39 is 21.7 Å². The van der Waals surface area contributed by atoms with Gasteiger partial charge in [-0.25, -0.2) is 17.3 Å². The van der Waals surface area contributed by atoms with E-state index in [4.69, 9.17) is 17.3 Å². The van der Waals surface area contributed by atoms with Crippen molar-refractivity contribution in [2.75, 3.05) is 10.6 Å². The molecule has 0 atom stereocenters. The van der Waals surface area contributed by atoms with Gasteiger partial charge in [-0.15, -0.1) is 0 Å². The minimum atomic E-state index is -3.76. The maximum absolute atomic E-state index is 14.2. The highest BCUT2D eigenvalue weighted by atomic mass is 79.9. The molecule has 2 heterocycles. The summed E-state index contributed by atoms with van der Waals surface area (Å²) in [5.41, 5.74) is 9.21. The summed E-state index contributed by atoms with van der Waals surface area (Å²) >= 11 is 9.15. The number of hydrogen-bond acceptors (Lipinski definition) is 4. The van der Waals surface area contributed by atoms with Crippen LogP contribution in [0.1, 0.15) is 40.2 Å². The van der Waals surface area contributed by atoms with E-state index >= 15 is 0 Å². The van der Waals surface area contributed by atoms with Gasteiger partial charge < -0.3 is 5.73 Å². The number of nitrogens with zero attached hydrogens (tertiary/aromatic N) is 3. The molecule has 0 unspecified atom stereocenters. The molecule has 2 aromatic carbocycles. The van der Waals surface area contributed by atoms with Crippen LogP contribution in [0.25, 0.3) is 16.8 Å². The fourth-order valence-corrected chi connectivity index (χ4v) is 5.53. The normalized spacial score (nSPS) is 13.8. The van der Waals surface area contributed by atoms with Gasteiger partial charge >= 0.3 is 0 Å². The second-order valence-corrected chi connectivity index (χ2v) is 12.0. The number of anilines is 1. The smallest absolute Gasteiger partial charge is 0.253 e. The van der Waals surface area contributed by atoms with Crippen LogP contribution in [0.3, 0.4) is 0 Å². The van der Waals surface area contributed by atoms with E-state index in [0.29, 0.717) is 37.5 Å². The van der Waals surface area contributed by atoms with Crippen LogP contribution in [0, 0.1) is 5.82 Å². The first-order valence-corrected chi connectivity index (χ1v) is 14.1. The number of primary amides is 1. The van der Waals surface area contributed by atoms with Crippen LogP contribution >= 0.6 is 27.5 Å². The fourth-order valence-electron chi connectivity index (χ4n) is 4.26. The second kappa shape index (κ2) is 9.17. The number of pyridine rings is 1. The van der Waals surface area contributed by atoms with Gasteiger partial charge in [0.25, 0.3) is 5.91 Å². The maximum atomic E-state index is 14.2. The largest absolute Gasteiger partial charge is 0.365 e. The molecule has 1 aliphatic rings. The molecule has 186 valence electrons. The molecule has 2 N–H and O–H groups in total. The van der Waals surface area contributed by atoms with Gasteiger partial charge in [0, 0.05) is 10.6 Å². The quantitative estimate of drug-likeness (QED) is 0.307. The average Bonchev–Trinajstić information content (AvgIpc) is 3.58. The van der Waals surface area contributed by atoms with Gasteiger partial charge in [0.05, 0.1) is 40.2 Å². The molecule has 0 aliphatic heterocycles. The number of carbonyl (C=O) groups is 1. The molecular weight excluding hydrogens is 571 g/mol. The number of hydrogen-bond donors (Lipinski definition) is 1. The first-order chi connectivity index (χ1) is 17.0. The Hall–Kier alpha value is -2.95. The molecule has 0 bridgehead atoms. The van der Waals surface area contributed by atoms with Crippen LogP contribution in [-0.4, -0.2) is 30.2 Å². The molecule has 7 nitrogen and oxygen atoms in total.